The predicted molar refractivity (Wildman–Crippen MR) is 137 cm³/mol. The molecule has 4 fully saturated rings. The van der Waals surface area contributed by atoms with Crippen molar-refractivity contribution in [2.75, 3.05) is 55.6 Å². The van der Waals surface area contributed by atoms with E-state index in [9.17, 15) is 14.4 Å². The highest BCUT2D eigenvalue weighted by Crippen LogP contribution is 2.40. The number of carbonyl (C=O) groups excluding carboxylic acids is 3. The molecule has 1 aromatic heterocycles. The van der Waals surface area contributed by atoms with Crippen molar-refractivity contribution in [1.82, 2.24) is 20.5 Å². The lowest BCUT2D eigenvalue weighted by Crippen LogP contribution is -2.49. The van der Waals surface area contributed by atoms with E-state index in [1.165, 1.54) is 24.0 Å². The first kappa shape index (κ1) is 22.8. The highest BCUT2D eigenvalue weighted by Gasteiger charge is 2.33. The van der Waals surface area contributed by atoms with Gasteiger partial charge in [-0.3, -0.25) is 14.5 Å². The molecule has 4 amide bonds. The second-order valence-electron chi connectivity index (χ2n) is 10.3. The number of nitrogens with one attached hydrogen (secondary N) is 2. The molecular weight excluding hydrogens is 456 g/mol. The Labute approximate surface area is 210 Å². The fraction of sp³-hybridized carbons (Fsp3) is 0.481. The largest absolute Gasteiger partial charge is 0.356 e. The van der Waals surface area contributed by atoms with Crippen LogP contribution in [0.5, 0.6) is 0 Å². The summed E-state index contributed by atoms with van der Waals surface area (Å²) in [6.45, 7) is 6.38. The van der Waals surface area contributed by atoms with E-state index in [4.69, 9.17) is 4.98 Å². The van der Waals surface area contributed by atoms with Gasteiger partial charge in [0.15, 0.2) is 0 Å². The molecule has 1 atom stereocenters. The summed E-state index contributed by atoms with van der Waals surface area (Å²) in [5.41, 5.74) is 4.46. The molecule has 4 heterocycles. The van der Waals surface area contributed by atoms with Crippen molar-refractivity contribution in [1.29, 1.82) is 0 Å². The fourth-order valence-corrected chi connectivity index (χ4v) is 5.64. The van der Waals surface area contributed by atoms with Gasteiger partial charge in [0.25, 0.3) is 5.91 Å². The molecule has 1 unspecified atom stereocenters. The zero-order chi connectivity index (χ0) is 24.8. The minimum Gasteiger partial charge on any atom is -0.356 e. The molecule has 2 N–H and O–H groups in total. The minimum atomic E-state index is -0.246. The second kappa shape index (κ2) is 9.11. The van der Waals surface area contributed by atoms with Crippen LogP contribution in [0, 0.1) is 6.92 Å². The molecule has 3 aliphatic heterocycles. The first-order valence-corrected chi connectivity index (χ1v) is 13.0. The molecule has 1 aliphatic carbocycles. The van der Waals surface area contributed by atoms with Crippen molar-refractivity contribution in [2.45, 2.75) is 38.0 Å². The summed E-state index contributed by atoms with van der Waals surface area (Å²) in [5.74, 6) is 1.35. The van der Waals surface area contributed by atoms with Crippen molar-refractivity contribution < 1.29 is 14.4 Å². The lowest BCUT2D eigenvalue weighted by Gasteiger charge is -2.36. The summed E-state index contributed by atoms with van der Waals surface area (Å²) in [7, 11) is 0. The number of aromatic nitrogens is 1. The van der Waals surface area contributed by atoms with Gasteiger partial charge in [-0.1, -0.05) is 12.1 Å². The lowest BCUT2D eigenvalue weighted by atomic mass is 9.95. The van der Waals surface area contributed by atoms with Gasteiger partial charge in [-0.05, 0) is 60.9 Å². The first-order chi connectivity index (χ1) is 17.5. The van der Waals surface area contributed by atoms with E-state index in [1.807, 2.05) is 23.2 Å². The number of carbonyl (C=O) groups is 3. The van der Waals surface area contributed by atoms with Crippen LogP contribution in [0.2, 0.25) is 0 Å². The molecule has 4 aliphatic rings. The number of nitrogens with zero attached hydrogens (tertiary/aromatic N) is 4. The number of aryl methyl sites for hydroxylation is 1. The van der Waals surface area contributed by atoms with Crippen molar-refractivity contribution in [3.63, 3.8) is 0 Å². The van der Waals surface area contributed by atoms with Crippen LogP contribution in [0.3, 0.4) is 0 Å². The number of urea groups is 1. The Morgan fingerprint density at radius 3 is 2.39 bits per heavy atom. The highest BCUT2D eigenvalue weighted by atomic mass is 16.2. The number of hydrogen-bond acceptors (Lipinski definition) is 5. The smallest absolute Gasteiger partial charge is 0.322 e. The molecule has 3 saturated heterocycles. The van der Waals surface area contributed by atoms with E-state index >= 15 is 0 Å². The molecule has 2 aromatic rings. The summed E-state index contributed by atoms with van der Waals surface area (Å²) in [4.78, 5) is 49.0. The Morgan fingerprint density at radius 1 is 0.944 bits per heavy atom. The van der Waals surface area contributed by atoms with E-state index in [-0.39, 0.29) is 23.8 Å². The standard InChI is InChI=1S/C27H32N6O3/c1-17-14-20(18-2-3-18)16-30-24(17)31-10-12-32(13-11-31)26(35)22-5-4-19(21-6-7-28-25(21)34)15-23(22)33-9-8-29-27(33)36/h4-5,14-16,18,21H,2-3,6-13H2,1H3,(H,28,34)(H,29,36). The number of piperazine rings is 1. The van der Waals surface area contributed by atoms with Crippen LogP contribution in [0.1, 0.15) is 58.1 Å². The molecule has 188 valence electrons. The highest BCUT2D eigenvalue weighted by molar-refractivity contribution is 6.05. The van der Waals surface area contributed by atoms with Crippen molar-refractivity contribution in [3.05, 3.63) is 52.7 Å². The van der Waals surface area contributed by atoms with Crippen LogP contribution in [-0.4, -0.2) is 73.5 Å². The zero-order valence-electron chi connectivity index (χ0n) is 20.6. The quantitative estimate of drug-likeness (QED) is 0.674. The maximum absolute atomic E-state index is 13.7. The van der Waals surface area contributed by atoms with Crippen molar-refractivity contribution in [2.24, 2.45) is 0 Å². The van der Waals surface area contributed by atoms with Crippen LogP contribution >= 0.6 is 0 Å². The summed E-state index contributed by atoms with van der Waals surface area (Å²) in [6.07, 6.45) is 5.25. The third-order valence-electron chi connectivity index (χ3n) is 7.84. The van der Waals surface area contributed by atoms with Crippen LogP contribution in [0.15, 0.2) is 30.5 Å². The Bertz CT molecular complexity index is 1220. The molecule has 0 spiro atoms. The van der Waals surface area contributed by atoms with Crippen LogP contribution in [0.25, 0.3) is 0 Å². The molecule has 9 heteroatoms. The predicted octanol–water partition coefficient (Wildman–Crippen LogP) is 2.36. The van der Waals surface area contributed by atoms with Crippen LogP contribution in [-0.2, 0) is 4.79 Å². The summed E-state index contributed by atoms with van der Waals surface area (Å²) >= 11 is 0. The van der Waals surface area contributed by atoms with Gasteiger partial charge < -0.3 is 20.4 Å². The molecule has 0 bridgehead atoms. The maximum Gasteiger partial charge on any atom is 0.322 e. The van der Waals surface area contributed by atoms with E-state index in [0.717, 1.165) is 17.8 Å². The third-order valence-corrected chi connectivity index (χ3v) is 7.84. The normalized spacial score (nSPS) is 22.1. The Balaban J connectivity index is 1.21. The molecule has 1 aromatic carbocycles. The van der Waals surface area contributed by atoms with Gasteiger partial charge in [-0.15, -0.1) is 0 Å². The number of hydrogen-bond donors (Lipinski definition) is 2. The fourth-order valence-electron chi connectivity index (χ4n) is 5.64. The monoisotopic (exact) mass is 488 g/mol. The van der Waals surface area contributed by atoms with Gasteiger partial charge in [-0.2, -0.15) is 0 Å². The van der Waals surface area contributed by atoms with E-state index in [0.29, 0.717) is 63.0 Å². The van der Waals surface area contributed by atoms with Gasteiger partial charge in [0.2, 0.25) is 5.91 Å². The van der Waals surface area contributed by atoms with Gasteiger partial charge in [-0.25, -0.2) is 9.78 Å². The third kappa shape index (κ3) is 4.16. The number of pyridine rings is 1. The molecular formula is C27H32N6O3. The van der Waals surface area contributed by atoms with Crippen molar-refractivity contribution in [3.8, 4) is 0 Å². The average molecular weight is 489 g/mol. The molecule has 1 saturated carbocycles. The number of rotatable bonds is 5. The van der Waals surface area contributed by atoms with E-state index in [1.54, 1.807) is 11.0 Å². The number of benzene rings is 1. The second-order valence-corrected chi connectivity index (χ2v) is 10.3. The number of amides is 4. The SMILES string of the molecule is Cc1cc(C2CC2)cnc1N1CCN(C(=O)c2ccc(C3CCNC3=O)cc2N2CCNC2=O)CC1. The van der Waals surface area contributed by atoms with E-state index in [2.05, 4.69) is 28.5 Å². The van der Waals surface area contributed by atoms with Gasteiger partial charge in [0.1, 0.15) is 5.82 Å². The van der Waals surface area contributed by atoms with Gasteiger partial charge in [0, 0.05) is 52.0 Å². The Kier molecular flexibility index (Phi) is 5.78. The summed E-state index contributed by atoms with van der Waals surface area (Å²) < 4.78 is 0. The average Bonchev–Trinajstić information content (AvgIpc) is 3.52. The topological polar surface area (TPSA) is 97.9 Å². The lowest BCUT2D eigenvalue weighted by molar-refractivity contribution is -0.120. The summed E-state index contributed by atoms with van der Waals surface area (Å²) in [5, 5.41) is 5.70. The Morgan fingerprint density at radius 2 is 1.75 bits per heavy atom. The zero-order valence-corrected chi connectivity index (χ0v) is 20.6. The van der Waals surface area contributed by atoms with E-state index < -0.39 is 0 Å². The molecule has 6 rings (SSSR count). The number of anilines is 2. The maximum atomic E-state index is 13.7. The molecule has 36 heavy (non-hydrogen) atoms. The van der Waals surface area contributed by atoms with Crippen LogP contribution < -0.4 is 20.4 Å². The minimum absolute atomic E-state index is 0.00362. The van der Waals surface area contributed by atoms with Crippen LogP contribution in [0.4, 0.5) is 16.3 Å². The Hall–Kier alpha value is -3.62. The molecule has 0 radical (unpaired) electrons. The molecule has 9 nitrogen and oxygen atoms in total. The van der Waals surface area contributed by atoms with Gasteiger partial charge in [0.05, 0.1) is 17.2 Å². The van der Waals surface area contributed by atoms with Crippen molar-refractivity contribution >= 4 is 29.4 Å². The van der Waals surface area contributed by atoms with Gasteiger partial charge >= 0.3 is 6.03 Å². The first-order valence-electron chi connectivity index (χ1n) is 13.0. The summed E-state index contributed by atoms with van der Waals surface area (Å²) in [6, 6.07) is 7.57.